The second kappa shape index (κ2) is 7.66. The number of hydrogen-bond donors (Lipinski definition) is 2. The van der Waals surface area contributed by atoms with E-state index in [0.29, 0.717) is 18.7 Å². The maximum absolute atomic E-state index is 13.1. The number of H-pyrrole nitrogens is 1. The molecule has 29 heavy (non-hydrogen) atoms. The van der Waals surface area contributed by atoms with Gasteiger partial charge in [-0.3, -0.25) is 4.90 Å². The van der Waals surface area contributed by atoms with E-state index < -0.39 is 18.1 Å². The number of amides is 2. The lowest BCUT2D eigenvalue weighted by Crippen LogP contribution is -2.55. The summed E-state index contributed by atoms with van der Waals surface area (Å²) >= 11 is 0. The Hall–Kier alpha value is -3.22. The van der Waals surface area contributed by atoms with E-state index in [0.717, 1.165) is 34.3 Å². The average Bonchev–Trinajstić information content (AvgIpc) is 3.36. The summed E-state index contributed by atoms with van der Waals surface area (Å²) in [6.45, 7) is 4.31. The fourth-order valence-electron chi connectivity index (χ4n) is 4.13. The van der Waals surface area contributed by atoms with Crippen LogP contribution in [-0.2, 0) is 22.4 Å². The minimum absolute atomic E-state index is 0.327. The number of benzene rings is 1. The lowest BCUT2D eigenvalue weighted by atomic mass is 9.90. The van der Waals surface area contributed by atoms with Gasteiger partial charge in [0.05, 0.1) is 12.8 Å². The Bertz CT molecular complexity index is 1050. The van der Waals surface area contributed by atoms with Gasteiger partial charge in [0.2, 0.25) is 0 Å². The van der Waals surface area contributed by atoms with Gasteiger partial charge in [-0.05, 0) is 30.7 Å². The van der Waals surface area contributed by atoms with Crippen molar-refractivity contribution in [2.75, 3.05) is 13.7 Å². The Labute approximate surface area is 169 Å². The number of nitrogens with zero attached hydrogens (tertiary/aromatic N) is 1. The summed E-state index contributed by atoms with van der Waals surface area (Å²) < 4.78 is 11.1. The van der Waals surface area contributed by atoms with Gasteiger partial charge in [0, 0.05) is 30.3 Å². The monoisotopic (exact) mass is 395 g/mol. The summed E-state index contributed by atoms with van der Waals surface area (Å²) in [5, 5.41) is 3.87. The quantitative estimate of drug-likeness (QED) is 0.662. The van der Waals surface area contributed by atoms with Gasteiger partial charge < -0.3 is 19.5 Å². The first-order valence-corrected chi connectivity index (χ1v) is 9.91. The minimum Gasteiger partial charge on any atom is -0.467 e. The van der Waals surface area contributed by atoms with E-state index in [4.69, 9.17) is 9.15 Å². The highest BCUT2D eigenvalue weighted by Crippen LogP contribution is 2.41. The topological polar surface area (TPSA) is 87.6 Å². The molecule has 0 saturated heterocycles. The zero-order valence-corrected chi connectivity index (χ0v) is 16.8. The van der Waals surface area contributed by atoms with E-state index in [1.807, 2.05) is 50.2 Å². The average molecular weight is 395 g/mol. The zero-order valence-electron chi connectivity index (χ0n) is 16.8. The normalized spacial score (nSPS) is 18.5. The Kier molecular flexibility index (Phi) is 5.05. The summed E-state index contributed by atoms with van der Waals surface area (Å²) in [5.41, 5.74) is 2.84. The number of hydrogen-bond acceptors (Lipinski definition) is 4. The third kappa shape index (κ3) is 3.16. The minimum atomic E-state index is -0.751. The molecular weight excluding hydrogens is 370 g/mol. The number of para-hydroxylation sites is 1. The molecule has 7 heteroatoms. The molecule has 0 fully saturated rings. The predicted molar refractivity (Wildman–Crippen MR) is 109 cm³/mol. The maximum Gasteiger partial charge on any atom is 0.329 e. The Morgan fingerprint density at radius 2 is 2.03 bits per heavy atom. The molecule has 3 aromatic rings. The van der Waals surface area contributed by atoms with Crippen LogP contribution in [-0.4, -0.2) is 41.6 Å². The molecule has 0 saturated carbocycles. The molecular formula is C22H25N3O4. The molecule has 2 aromatic heterocycles. The number of furan rings is 1. The van der Waals surface area contributed by atoms with E-state index in [1.165, 1.54) is 7.11 Å². The van der Waals surface area contributed by atoms with Crippen molar-refractivity contribution in [3.8, 4) is 0 Å². The molecule has 2 N–H and O–H groups in total. The first kappa shape index (κ1) is 19.1. The molecule has 0 unspecified atom stereocenters. The van der Waals surface area contributed by atoms with Gasteiger partial charge in [-0.1, -0.05) is 25.1 Å². The van der Waals surface area contributed by atoms with Crippen molar-refractivity contribution in [3.63, 3.8) is 0 Å². The van der Waals surface area contributed by atoms with Gasteiger partial charge in [-0.2, -0.15) is 0 Å². The fraction of sp³-hybridized carbons (Fsp3) is 0.364. The highest BCUT2D eigenvalue weighted by Gasteiger charge is 2.45. The van der Waals surface area contributed by atoms with Crippen LogP contribution >= 0.6 is 0 Å². The fourth-order valence-corrected chi connectivity index (χ4v) is 4.13. The first-order chi connectivity index (χ1) is 14.1. The molecule has 1 aliphatic heterocycles. The molecule has 0 bridgehead atoms. The van der Waals surface area contributed by atoms with Crippen molar-refractivity contribution in [3.05, 3.63) is 59.2 Å². The van der Waals surface area contributed by atoms with Crippen molar-refractivity contribution in [2.45, 2.75) is 38.8 Å². The third-order valence-electron chi connectivity index (χ3n) is 5.47. The van der Waals surface area contributed by atoms with Crippen LogP contribution in [0.1, 0.15) is 42.7 Å². The second-order valence-electron chi connectivity index (χ2n) is 7.11. The van der Waals surface area contributed by atoms with Gasteiger partial charge in [0.15, 0.2) is 0 Å². The van der Waals surface area contributed by atoms with Crippen LogP contribution in [0.5, 0.6) is 0 Å². The molecule has 0 aliphatic carbocycles. The first-order valence-electron chi connectivity index (χ1n) is 9.91. The SMILES string of the molecule is CCNC(=O)N1[C@H](c2ccc(CC)o2)c2[nH]c3ccccc3c2C[C@@H]1C(=O)OC. The molecule has 0 radical (unpaired) electrons. The van der Waals surface area contributed by atoms with Crippen LogP contribution < -0.4 is 5.32 Å². The number of ether oxygens (including phenoxy) is 1. The number of carbonyl (C=O) groups excluding carboxylic acids is 2. The van der Waals surface area contributed by atoms with Crippen molar-refractivity contribution in [1.82, 2.24) is 15.2 Å². The van der Waals surface area contributed by atoms with E-state index in [9.17, 15) is 9.59 Å². The Morgan fingerprint density at radius 1 is 1.24 bits per heavy atom. The number of fused-ring (bicyclic) bond motifs is 3. The van der Waals surface area contributed by atoms with Gasteiger partial charge in [-0.15, -0.1) is 0 Å². The lowest BCUT2D eigenvalue weighted by Gasteiger charge is -2.39. The van der Waals surface area contributed by atoms with Crippen molar-refractivity contribution < 1.29 is 18.7 Å². The lowest BCUT2D eigenvalue weighted by molar-refractivity contribution is -0.146. The van der Waals surface area contributed by atoms with Crippen LogP contribution in [0.3, 0.4) is 0 Å². The van der Waals surface area contributed by atoms with Crippen LogP contribution in [0.25, 0.3) is 10.9 Å². The summed E-state index contributed by atoms with van der Waals surface area (Å²) in [4.78, 5) is 30.8. The van der Waals surface area contributed by atoms with Gasteiger partial charge >= 0.3 is 12.0 Å². The molecule has 3 heterocycles. The number of nitrogens with one attached hydrogen (secondary N) is 2. The molecule has 2 atom stereocenters. The van der Waals surface area contributed by atoms with E-state index in [1.54, 1.807) is 4.90 Å². The highest BCUT2D eigenvalue weighted by atomic mass is 16.5. The molecule has 0 spiro atoms. The molecule has 4 rings (SSSR count). The van der Waals surface area contributed by atoms with Crippen molar-refractivity contribution >= 4 is 22.9 Å². The maximum atomic E-state index is 13.1. The molecule has 1 aromatic carbocycles. The predicted octanol–water partition coefficient (Wildman–Crippen LogP) is 3.54. The van der Waals surface area contributed by atoms with E-state index in [-0.39, 0.29) is 6.03 Å². The standard InChI is InChI=1S/C22H25N3O4/c1-4-13-10-11-18(29-13)20-19-15(14-8-6-7-9-16(14)24-19)12-17(21(26)28-3)25(20)22(27)23-5-2/h6-11,17,20,24H,4-5,12H2,1-3H3,(H,23,27)/t17-,20-/m1/s1. The zero-order chi connectivity index (χ0) is 20.5. The summed E-state index contributed by atoms with van der Waals surface area (Å²) in [7, 11) is 1.35. The van der Waals surface area contributed by atoms with E-state index in [2.05, 4.69) is 10.3 Å². The Balaban J connectivity index is 1.94. The van der Waals surface area contributed by atoms with Gasteiger partial charge in [0.25, 0.3) is 0 Å². The van der Waals surface area contributed by atoms with Crippen LogP contribution in [0, 0.1) is 0 Å². The Morgan fingerprint density at radius 3 is 2.72 bits per heavy atom. The highest BCUT2D eigenvalue weighted by molar-refractivity contribution is 5.90. The second-order valence-corrected chi connectivity index (χ2v) is 7.11. The van der Waals surface area contributed by atoms with Crippen LogP contribution in [0.15, 0.2) is 40.8 Å². The van der Waals surface area contributed by atoms with Gasteiger partial charge in [0.1, 0.15) is 23.6 Å². The number of aromatic amines is 1. The number of methoxy groups -OCH3 is 1. The molecule has 7 nitrogen and oxygen atoms in total. The van der Waals surface area contributed by atoms with E-state index >= 15 is 0 Å². The summed E-state index contributed by atoms with van der Waals surface area (Å²) in [5.74, 6) is 1.00. The molecule has 152 valence electrons. The van der Waals surface area contributed by atoms with Crippen molar-refractivity contribution in [2.24, 2.45) is 0 Å². The number of carbonyl (C=O) groups is 2. The summed E-state index contributed by atoms with van der Waals surface area (Å²) in [6.07, 6.45) is 1.12. The third-order valence-corrected chi connectivity index (χ3v) is 5.47. The van der Waals surface area contributed by atoms with Gasteiger partial charge in [-0.25, -0.2) is 9.59 Å². The molecule has 1 aliphatic rings. The number of urea groups is 1. The number of esters is 1. The number of aromatic nitrogens is 1. The number of rotatable bonds is 4. The largest absolute Gasteiger partial charge is 0.467 e. The van der Waals surface area contributed by atoms with Crippen molar-refractivity contribution in [1.29, 1.82) is 0 Å². The van der Waals surface area contributed by atoms with Crippen LogP contribution in [0.4, 0.5) is 4.79 Å². The molecule has 2 amide bonds. The van der Waals surface area contributed by atoms with Crippen LogP contribution in [0.2, 0.25) is 0 Å². The summed E-state index contributed by atoms with van der Waals surface area (Å²) in [6, 6.07) is 10.1. The smallest absolute Gasteiger partial charge is 0.329 e. The number of aryl methyl sites for hydroxylation is 1.